The van der Waals surface area contributed by atoms with E-state index in [9.17, 15) is 4.79 Å². The monoisotopic (exact) mass is 346 g/mol. The van der Waals surface area contributed by atoms with Crippen molar-refractivity contribution in [3.8, 4) is 5.75 Å². The minimum Gasteiger partial charge on any atom is -0.480 e. The summed E-state index contributed by atoms with van der Waals surface area (Å²) in [6.07, 6.45) is 1.42. The smallest absolute Gasteiger partial charge is 0.196 e. The highest BCUT2D eigenvalue weighted by atomic mass is 35.5. The summed E-state index contributed by atoms with van der Waals surface area (Å²) in [4.78, 5) is 13.1. The predicted molar refractivity (Wildman–Crippen MR) is 100 cm³/mol. The van der Waals surface area contributed by atoms with Gasteiger partial charge in [0.25, 0.3) is 0 Å². The largest absolute Gasteiger partial charge is 0.480 e. The predicted octanol–water partition coefficient (Wildman–Crippen LogP) is 5.74. The van der Waals surface area contributed by atoms with E-state index in [1.54, 1.807) is 6.07 Å². The van der Waals surface area contributed by atoms with Gasteiger partial charge in [0.2, 0.25) is 0 Å². The molecule has 0 amide bonds. The van der Waals surface area contributed by atoms with Crippen LogP contribution >= 0.6 is 11.6 Å². The molecule has 3 aromatic carbocycles. The number of hydrogen-bond acceptors (Lipinski definition) is 2. The van der Waals surface area contributed by atoms with Gasteiger partial charge in [-0.1, -0.05) is 66.2 Å². The number of ketones is 1. The van der Waals surface area contributed by atoms with Crippen molar-refractivity contribution in [2.45, 2.75) is 6.10 Å². The molecule has 0 saturated carbocycles. The van der Waals surface area contributed by atoms with E-state index in [2.05, 4.69) is 0 Å². The quantitative estimate of drug-likeness (QED) is 0.553. The van der Waals surface area contributed by atoms with E-state index >= 15 is 0 Å². The maximum absolute atomic E-state index is 13.1. The van der Waals surface area contributed by atoms with Crippen molar-refractivity contribution in [2.75, 3.05) is 0 Å². The van der Waals surface area contributed by atoms with Crippen LogP contribution in [-0.4, -0.2) is 5.78 Å². The van der Waals surface area contributed by atoms with Crippen LogP contribution in [-0.2, 0) is 0 Å². The van der Waals surface area contributed by atoms with Crippen molar-refractivity contribution in [3.63, 3.8) is 0 Å². The summed E-state index contributed by atoms with van der Waals surface area (Å²) >= 11 is 6.09. The second-order valence-corrected chi connectivity index (χ2v) is 6.32. The molecule has 0 aromatic heterocycles. The van der Waals surface area contributed by atoms with E-state index in [4.69, 9.17) is 16.3 Å². The number of halogens is 1. The lowest BCUT2D eigenvalue weighted by atomic mass is 9.89. The molecular formula is C22H15ClO2. The van der Waals surface area contributed by atoms with E-state index in [0.717, 1.165) is 11.1 Å². The SMILES string of the molecule is O=C1/C(=C/c2cccc(Cl)c2)C(c2ccccc2)Oc2ccccc21. The number of rotatable bonds is 2. The zero-order valence-corrected chi connectivity index (χ0v) is 14.1. The van der Waals surface area contributed by atoms with Gasteiger partial charge in [-0.2, -0.15) is 0 Å². The first-order valence-corrected chi connectivity index (χ1v) is 8.42. The molecule has 3 heteroatoms. The van der Waals surface area contributed by atoms with Crippen LogP contribution in [0.2, 0.25) is 5.02 Å². The average molecular weight is 347 g/mol. The number of carbonyl (C=O) groups is 1. The van der Waals surface area contributed by atoms with Gasteiger partial charge in [0, 0.05) is 10.6 Å². The molecule has 0 saturated heterocycles. The van der Waals surface area contributed by atoms with Gasteiger partial charge < -0.3 is 4.74 Å². The maximum atomic E-state index is 13.1. The van der Waals surface area contributed by atoms with Crippen molar-refractivity contribution < 1.29 is 9.53 Å². The molecule has 1 heterocycles. The van der Waals surface area contributed by atoms with Crippen LogP contribution in [0.1, 0.15) is 27.6 Å². The number of Topliss-reactive ketones (excluding diaryl/α,β-unsaturated/α-hetero) is 1. The lowest BCUT2D eigenvalue weighted by Crippen LogP contribution is -2.23. The molecule has 2 nitrogen and oxygen atoms in total. The summed E-state index contributed by atoms with van der Waals surface area (Å²) in [5.41, 5.74) is 3.01. The summed E-state index contributed by atoms with van der Waals surface area (Å²) in [6.45, 7) is 0. The molecule has 122 valence electrons. The summed E-state index contributed by atoms with van der Waals surface area (Å²) in [5, 5.41) is 0.634. The number of benzene rings is 3. The zero-order valence-electron chi connectivity index (χ0n) is 13.4. The van der Waals surface area contributed by atoms with Gasteiger partial charge in [0.15, 0.2) is 11.9 Å². The molecule has 0 N–H and O–H groups in total. The number of ether oxygens (including phenoxy) is 1. The Bertz CT molecular complexity index is 961. The van der Waals surface area contributed by atoms with Crippen LogP contribution in [0.4, 0.5) is 0 Å². The number of para-hydroxylation sites is 1. The second kappa shape index (κ2) is 6.58. The van der Waals surface area contributed by atoms with Gasteiger partial charge in [-0.3, -0.25) is 4.79 Å². The first-order chi connectivity index (χ1) is 12.2. The fourth-order valence-electron chi connectivity index (χ4n) is 3.01. The molecule has 1 aliphatic rings. The topological polar surface area (TPSA) is 26.3 Å². The first kappa shape index (κ1) is 15.7. The van der Waals surface area contributed by atoms with Gasteiger partial charge in [0.1, 0.15) is 5.75 Å². The van der Waals surface area contributed by atoms with Crippen LogP contribution in [0.25, 0.3) is 6.08 Å². The molecule has 4 rings (SSSR count). The van der Waals surface area contributed by atoms with Crippen molar-refractivity contribution in [1.29, 1.82) is 0 Å². The van der Waals surface area contributed by atoms with E-state index in [1.165, 1.54) is 0 Å². The lowest BCUT2D eigenvalue weighted by molar-refractivity contribution is 0.0963. The zero-order chi connectivity index (χ0) is 17.2. The number of carbonyl (C=O) groups excluding carboxylic acids is 1. The van der Waals surface area contributed by atoms with Crippen LogP contribution in [0.3, 0.4) is 0 Å². The number of fused-ring (bicyclic) bond motifs is 1. The highest BCUT2D eigenvalue weighted by Gasteiger charge is 2.32. The lowest BCUT2D eigenvalue weighted by Gasteiger charge is -2.28. The molecule has 0 bridgehead atoms. The third-order valence-corrected chi connectivity index (χ3v) is 4.43. The molecule has 0 fully saturated rings. The molecule has 1 aliphatic heterocycles. The van der Waals surface area contributed by atoms with E-state index in [1.807, 2.05) is 78.9 Å². The highest BCUT2D eigenvalue weighted by molar-refractivity contribution is 6.30. The maximum Gasteiger partial charge on any atom is 0.196 e. The molecular weight excluding hydrogens is 332 g/mol. The fraction of sp³-hybridized carbons (Fsp3) is 0.0455. The summed E-state index contributed by atoms with van der Waals surface area (Å²) in [7, 11) is 0. The second-order valence-electron chi connectivity index (χ2n) is 5.89. The molecule has 25 heavy (non-hydrogen) atoms. The molecule has 3 aromatic rings. The Morgan fingerprint density at radius 3 is 2.44 bits per heavy atom. The van der Waals surface area contributed by atoms with Crippen LogP contribution in [0.15, 0.2) is 84.4 Å². The number of hydrogen-bond donors (Lipinski definition) is 0. The van der Waals surface area contributed by atoms with E-state index in [0.29, 0.717) is 21.9 Å². The Labute approximate surface area is 151 Å². The Morgan fingerprint density at radius 1 is 0.880 bits per heavy atom. The van der Waals surface area contributed by atoms with Crippen LogP contribution in [0, 0.1) is 0 Å². The van der Waals surface area contributed by atoms with E-state index < -0.39 is 6.10 Å². The molecule has 1 unspecified atom stereocenters. The summed E-state index contributed by atoms with van der Waals surface area (Å²) in [6, 6.07) is 24.6. The Hall–Kier alpha value is -2.84. The molecule has 0 aliphatic carbocycles. The highest BCUT2D eigenvalue weighted by Crippen LogP contribution is 2.39. The minimum atomic E-state index is -0.442. The fourth-order valence-corrected chi connectivity index (χ4v) is 3.21. The van der Waals surface area contributed by atoms with Gasteiger partial charge >= 0.3 is 0 Å². The third-order valence-electron chi connectivity index (χ3n) is 4.19. The normalized spacial score (nSPS) is 17.9. The van der Waals surface area contributed by atoms with Gasteiger partial charge in [-0.25, -0.2) is 0 Å². The Kier molecular flexibility index (Phi) is 4.12. The van der Waals surface area contributed by atoms with Crippen molar-refractivity contribution in [3.05, 3.63) is 106 Å². The summed E-state index contributed by atoms with van der Waals surface area (Å²) in [5.74, 6) is 0.597. The van der Waals surface area contributed by atoms with Gasteiger partial charge in [0.05, 0.1) is 5.56 Å². The standard InChI is InChI=1S/C22H15ClO2/c23-17-10-6-7-15(13-17)14-19-21(24)18-11-4-5-12-20(18)25-22(19)16-8-2-1-3-9-16/h1-14,22H/b19-14-. The molecule has 0 radical (unpaired) electrons. The van der Waals surface area contributed by atoms with Crippen molar-refractivity contribution >= 4 is 23.5 Å². The molecule has 0 spiro atoms. The van der Waals surface area contributed by atoms with Crippen LogP contribution < -0.4 is 4.74 Å². The minimum absolute atomic E-state index is 0.0179. The average Bonchev–Trinajstić information content (AvgIpc) is 2.65. The van der Waals surface area contributed by atoms with E-state index in [-0.39, 0.29) is 5.78 Å². The van der Waals surface area contributed by atoms with Crippen LogP contribution in [0.5, 0.6) is 5.75 Å². The summed E-state index contributed by atoms with van der Waals surface area (Å²) < 4.78 is 6.18. The Morgan fingerprint density at radius 2 is 1.64 bits per heavy atom. The van der Waals surface area contributed by atoms with Gasteiger partial charge in [-0.05, 0) is 41.5 Å². The van der Waals surface area contributed by atoms with Gasteiger partial charge in [-0.15, -0.1) is 0 Å². The van der Waals surface area contributed by atoms with Crippen molar-refractivity contribution in [1.82, 2.24) is 0 Å². The van der Waals surface area contributed by atoms with Crippen molar-refractivity contribution in [2.24, 2.45) is 0 Å². The first-order valence-electron chi connectivity index (χ1n) is 8.05. The third kappa shape index (κ3) is 3.09. The Balaban J connectivity index is 1.87. The molecule has 1 atom stereocenters.